The molecular formula is C18H13N5O4S. The van der Waals surface area contributed by atoms with Crippen LogP contribution in [-0.4, -0.2) is 25.5 Å². The van der Waals surface area contributed by atoms with E-state index in [4.69, 9.17) is 0 Å². The first-order chi connectivity index (χ1) is 13.5. The predicted molar refractivity (Wildman–Crippen MR) is 105 cm³/mol. The minimum absolute atomic E-state index is 0.0384. The summed E-state index contributed by atoms with van der Waals surface area (Å²) in [5.74, 6) is -0.690. The Labute approximate surface area is 161 Å². The highest BCUT2D eigenvalue weighted by Gasteiger charge is 2.19. The number of nitro groups is 1. The lowest BCUT2D eigenvalue weighted by atomic mass is 10.0. The van der Waals surface area contributed by atoms with E-state index in [1.165, 1.54) is 17.7 Å². The predicted octanol–water partition coefficient (Wildman–Crippen LogP) is 3.05. The molecule has 28 heavy (non-hydrogen) atoms. The monoisotopic (exact) mass is 395 g/mol. The first kappa shape index (κ1) is 17.6. The van der Waals surface area contributed by atoms with E-state index >= 15 is 0 Å². The Hall–Kier alpha value is -3.79. The number of aromatic amines is 1. The molecule has 0 radical (unpaired) electrons. The second-order valence-corrected chi connectivity index (χ2v) is 7.17. The normalized spacial score (nSPS) is 10.9. The van der Waals surface area contributed by atoms with Crippen molar-refractivity contribution in [3.05, 3.63) is 80.0 Å². The van der Waals surface area contributed by atoms with Gasteiger partial charge in [0.15, 0.2) is 0 Å². The molecule has 1 aromatic carbocycles. The minimum Gasteiger partial charge on any atom is -0.351 e. The third kappa shape index (κ3) is 2.95. The molecule has 4 aromatic rings. The van der Waals surface area contributed by atoms with Crippen LogP contribution in [0.15, 0.2) is 53.7 Å². The van der Waals surface area contributed by atoms with Crippen LogP contribution in [-0.2, 0) is 0 Å². The summed E-state index contributed by atoms with van der Waals surface area (Å²) in [6.07, 6.45) is 2.33. The molecule has 0 unspecified atom stereocenters. The average Bonchev–Trinajstić information content (AvgIpc) is 3.30. The fraction of sp³-hybridized carbons (Fsp3) is 0.0556. The van der Waals surface area contributed by atoms with Gasteiger partial charge in [-0.25, -0.2) is 9.66 Å². The van der Waals surface area contributed by atoms with Crippen molar-refractivity contribution in [2.75, 3.05) is 5.43 Å². The summed E-state index contributed by atoms with van der Waals surface area (Å²) in [5, 5.41) is 11.2. The molecule has 2 N–H and O–H groups in total. The number of hydrogen-bond acceptors (Lipinski definition) is 6. The number of thiophene rings is 1. The standard InChI is InChI=1S/C18H13N5O4S/c1-10-14(11-5-3-2-4-6-11)15-17(28-10)20-9-22(18(15)25)21-16(24)13-7-12(8-19-13)23(26)27/h2-9,19H,1H3,(H,21,24). The van der Waals surface area contributed by atoms with E-state index in [2.05, 4.69) is 15.4 Å². The molecule has 4 rings (SSSR count). The summed E-state index contributed by atoms with van der Waals surface area (Å²) in [5.41, 5.74) is 3.36. The SMILES string of the molecule is Cc1sc2ncn(NC(=O)c3cc([N+](=O)[O-])c[nH]3)c(=O)c2c1-c1ccccc1. The van der Waals surface area contributed by atoms with Gasteiger partial charge in [0.2, 0.25) is 0 Å². The number of H-pyrrole nitrogens is 1. The van der Waals surface area contributed by atoms with Crippen molar-refractivity contribution < 1.29 is 9.72 Å². The molecule has 0 fully saturated rings. The fourth-order valence-electron chi connectivity index (χ4n) is 2.92. The van der Waals surface area contributed by atoms with Crippen LogP contribution in [0.4, 0.5) is 5.69 Å². The number of rotatable bonds is 4. The van der Waals surface area contributed by atoms with Crippen molar-refractivity contribution in [1.82, 2.24) is 14.6 Å². The van der Waals surface area contributed by atoms with Gasteiger partial charge in [0.1, 0.15) is 16.9 Å². The Kier molecular flexibility index (Phi) is 4.24. The van der Waals surface area contributed by atoms with E-state index in [-0.39, 0.29) is 11.4 Å². The summed E-state index contributed by atoms with van der Waals surface area (Å²) in [4.78, 5) is 43.8. The molecule has 0 atom stereocenters. The molecule has 0 aliphatic carbocycles. The molecule has 9 nitrogen and oxygen atoms in total. The van der Waals surface area contributed by atoms with Crippen molar-refractivity contribution in [2.45, 2.75) is 6.92 Å². The van der Waals surface area contributed by atoms with Gasteiger partial charge < -0.3 is 4.98 Å². The Morgan fingerprint density at radius 1 is 1.32 bits per heavy atom. The maximum atomic E-state index is 13.0. The number of benzene rings is 1. The van der Waals surface area contributed by atoms with E-state index < -0.39 is 16.4 Å². The molecule has 3 heterocycles. The van der Waals surface area contributed by atoms with Gasteiger partial charge in [-0.15, -0.1) is 11.3 Å². The Bertz CT molecular complexity index is 1270. The molecule has 0 spiro atoms. The molecule has 10 heteroatoms. The van der Waals surface area contributed by atoms with Crippen LogP contribution in [0, 0.1) is 17.0 Å². The zero-order valence-corrected chi connectivity index (χ0v) is 15.3. The maximum absolute atomic E-state index is 13.0. The van der Waals surface area contributed by atoms with E-state index in [9.17, 15) is 19.7 Å². The van der Waals surface area contributed by atoms with E-state index in [1.54, 1.807) is 0 Å². The highest BCUT2D eigenvalue weighted by molar-refractivity contribution is 7.19. The number of amides is 1. The number of nitrogens with zero attached hydrogens (tertiary/aromatic N) is 3. The second-order valence-electron chi connectivity index (χ2n) is 5.97. The number of hydrogen-bond donors (Lipinski definition) is 2. The van der Waals surface area contributed by atoms with E-state index in [0.717, 1.165) is 32.9 Å². The molecule has 3 aromatic heterocycles. The molecule has 140 valence electrons. The number of nitrogens with one attached hydrogen (secondary N) is 2. The van der Waals surface area contributed by atoms with Gasteiger partial charge in [0.25, 0.3) is 17.2 Å². The lowest BCUT2D eigenvalue weighted by Crippen LogP contribution is -2.33. The first-order valence-corrected chi connectivity index (χ1v) is 8.97. The molecule has 0 aliphatic heterocycles. The number of aromatic nitrogens is 3. The summed E-state index contributed by atoms with van der Waals surface area (Å²) < 4.78 is 0.982. The summed E-state index contributed by atoms with van der Waals surface area (Å²) in [6.45, 7) is 1.91. The quantitative estimate of drug-likeness (QED) is 0.406. The van der Waals surface area contributed by atoms with Gasteiger partial charge in [0, 0.05) is 16.5 Å². The topological polar surface area (TPSA) is 123 Å². The van der Waals surface area contributed by atoms with Gasteiger partial charge in [-0.2, -0.15) is 0 Å². The highest BCUT2D eigenvalue weighted by atomic mass is 32.1. The number of aryl methyl sites for hydroxylation is 1. The van der Waals surface area contributed by atoms with Crippen LogP contribution in [0.5, 0.6) is 0 Å². The molecular weight excluding hydrogens is 382 g/mol. The van der Waals surface area contributed by atoms with E-state index in [1.807, 2.05) is 37.3 Å². The van der Waals surface area contributed by atoms with Gasteiger partial charge in [-0.1, -0.05) is 30.3 Å². The van der Waals surface area contributed by atoms with Crippen LogP contribution in [0.3, 0.4) is 0 Å². The maximum Gasteiger partial charge on any atom is 0.287 e. The van der Waals surface area contributed by atoms with Crippen molar-refractivity contribution in [3.8, 4) is 11.1 Å². The van der Waals surface area contributed by atoms with Crippen LogP contribution in [0.1, 0.15) is 15.4 Å². The Morgan fingerprint density at radius 2 is 2.07 bits per heavy atom. The van der Waals surface area contributed by atoms with Crippen molar-refractivity contribution in [1.29, 1.82) is 0 Å². The van der Waals surface area contributed by atoms with Gasteiger partial charge >= 0.3 is 0 Å². The lowest BCUT2D eigenvalue weighted by molar-refractivity contribution is -0.384. The van der Waals surface area contributed by atoms with Crippen LogP contribution in [0.25, 0.3) is 21.3 Å². The Morgan fingerprint density at radius 3 is 2.75 bits per heavy atom. The molecule has 1 amide bonds. The van der Waals surface area contributed by atoms with Crippen molar-refractivity contribution in [2.24, 2.45) is 0 Å². The van der Waals surface area contributed by atoms with E-state index in [0.29, 0.717) is 10.2 Å². The molecule has 0 saturated heterocycles. The molecule has 0 saturated carbocycles. The number of carbonyl (C=O) groups is 1. The van der Waals surface area contributed by atoms with Gasteiger partial charge in [0.05, 0.1) is 16.5 Å². The molecule has 0 bridgehead atoms. The first-order valence-electron chi connectivity index (χ1n) is 8.16. The number of carbonyl (C=O) groups excluding carboxylic acids is 1. The third-order valence-corrected chi connectivity index (χ3v) is 5.21. The van der Waals surface area contributed by atoms with Crippen molar-refractivity contribution >= 4 is 33.1 Å². The number of fused-ring (bicyclic) bond motifs is 1. The average molecular weight is 395 g/mol. The highest BCUT2D eigenvalue weighted by Crippen LogP contribution is 2.35. The fourth-order valence-corrected chi connectivity index (χ4v) is 3.93. The Balaban J connectivity index is 1.76. The smallest absolute Gasteiger partial charge is 0.287 e. The third-order valence-electron chi connectivity index (χ3n) is 4.20. The summed E-state index contributed by atoms with van der Waals surface area (Å²) in [7, 11) is 0. The zero-order valence-electron chi connectivity index (χ0n) is 14.5. The van der Waals surface area contributed by atoms with Gasteiger partial charge in [-0.3, -0.25) is 25.1 Å². The lowest BCUT2D eigenvalue weighted by Gasteiger charge is -2.07. The molecule has 0 aliphatic rings. The van der Waals surface area contributed by atoms with Crippen LogP contribution in [0.2, 0.25) is 0 Å². The zero-order chi connectivity index (χ0) is 19.8. The summed E-state index contributed by atoms with van der Waals surface area (Å²) in [6, 6.07) is 10.6. The van der Waals surface area contributed by atoms with Crippen molar-refractivity contribution in [3.63, 3.8) is 0 Å². The largest absolute Gasteiger partial charge is 0.351 e. The van der Waals surface area contributed by atoms with Gasteiger partial charge in [-0.05, 0) is 12.5 Å². The second kappa shape index (κ2) is 6.74. The van der Waals surface area contributed by atoms with Crippen LogP contribution >= 0.6 is 11.3 Å². The minimum atomic E-state index is -0.690. The van der Waals surface area contributed by atoms with Crippen LogP contribution < -0.4 is 11.0 Å². The summed E-state index contributed by atoms with van der Waals surface area (Å²) >= 11 is 1.40.